The summed E-state index contributed by atoms with van der Waals surface area (Å²) in [6.45, 7) is 7.65. The highest BCUT2D eigenvalue weighted by molar-refractivity contribution is 5.69. The molecular weight excluding hydrogens is 226 g/mol. The van der Waals surface area contributed by atoms with Gasteiger partial charge >= 0.3 is 5.97 Å². The van der Waals surface area contributed by atoms with E-state index in [1.807, 2.05) is 0 Å². The van der Waals surface area contributed by atoms with Crippen LogP contribution in [0.25, 0.3) is 0 Å². The van der Waals surface area contributed by atoms with E-state index in [4.69, 9.17) is 10.5 Å². The average Bonchev–Trinajstić information content (AvgIpc) is 2.32. The van der Waals surface area contributed by atoms with Crippen molar-refractivity contribution in [2.45, 2.75) is 65.7 Å². The lowest BCUT2D eigenvalue weighted by atomic mass is 9.94. The van der Waals surface area contributed by atoms with E-state index in [-0.39, 0.29) is 11.9 Å². The van der Waals surface area contributed by atoms with E-state index in [2.05, 4.69) is 20.8 Å². The predicted molar refractivity (Wildman–Crippen MR) is 76.3 cm³/mol. The molecule has 108 valence electrons. The molecule has 0 bridgehead atoms. The zero-order chi connectivity index (χ0) is 13.8. The number of hydrogen-bond donors (Lipinski definition) is 1. The highest BCUT2D eigenvalue weighted by atomic mass is 16.5. The van der Waals surface area contributed by atoms with Crippen molar-refractivity contribution in [1.29, 1.82) is 0 Å². The van der Waals surface area contributed by atoms with Crippen molar-refractivity contribution in [2.75, 3.05) is 13.2 Å². The number of nitrogens with two attached hydrogens (primary N) is 1. The maximum atomic E-state index is 11.6. The molecule has 0 spiro atoms. The molecule has 0 aliphatic heterocycles. The van der Waals surface area contributed by atoms with Crippen molar-refractivity contribution >= 4 is 5.97 Å². The van der Waals surface area contributed by atoms with Crippen LogP contribution in [0.15, 0.2) is 0 Å². The summed E-state index contributed by atoms with van der Waals surface area (Å²) in [4.78, 5) is 11.6. The Morgan fingerprint density at radius 1 is 1.17 bits per heavy atom. The minimum absolute atomic E-state index is 0.0819. The average molecular weight is 257 g/mol. The molecule has 0 aromatic rings. The monoisotopic (exact) mass is 257 g/mol. The first kappa shape index (κ1) is 17.4. The molecule has 1 atom stereocenters. The molecule has 0 saturated heterocycles. The SMILES string of the molecule is CCCCCCCOC(=O)CC(CN)CC(C)C. The van der Waals surface area contributed by atoms with Gasteiger partial charge in [-0.15, -0.1) is 0 Å². The van der Waals surface area contributed by atoms with Crippen molar-refractivity contribution in [3.63, 3.8) is 0 Å². The van der Waals surface area contributed by atoms with Gasteiger partial charge in [-0.2, -0.15) is 0 Å². The molecule has 3 heteroatoms. The van der Waals surface area contributed by atoms with Crippen molar-refractivity contribution in [3.8, 4) is 0 Å². The first-order chi connectivity index (χ1) is 8.60. The smallest absolute Gasteiger partial charge is 0.306 e. The summed E-state index contributed by atoms with van der Waals surface area (Å²) in [7, 11) is 0. The van der Waals surface area contributed by atoms with Crippen molar-refractivity contribution in [1.82, 2.24) is 0 Å². The van der Waals surface area contributed by atoms with E-state index in [0.29, 0.717) is 25.5 Å². The molecule has 0 heterocycles. The minimum Gasteiger partial charge on any atom is -0.466 e. The zero-order valence-corrected chi connectivity index (χ0v) is 12.4. The Hall–Kier alpha value is -0.570. The third-order valence-electron chi connectivity index (χ3n) is 3.10. The first-order valence-electron chi connectivity index (χ1n) is 7.45. The predicted octanol–water partition coefficient (Wildman–Crippen LogP) is 3.51. The number of unbranched alkanes of at least 4 members (excludes halogenated alkanes) is 4. The number of rotatable bonds is 11. The third-order valence-corrected chi connectivity index (χ3v) is 3.10. The number of hydrogen-bond acceptors (Lipinski definition) is 3. The highest BCUT2D eigenvalue weighted by Crippen LogP contribution is 2.15. The Balaban J connectivity index is 3.56. The van der Waals surface area contributed by atoms with Crippen LogP contribution in [0.1, 0.15) is 65.7 Å². The molecule has 0 saturated carbocycles. The van der Waals surface area contributed by atoms with Crippen LogP contribution in [0, 0.1) is 11.8 Å². The maximum absolute atomic E-state index is 11.6. The number of ether oxygens (including phenoxy) is 1. The Kier molecular flexibility index (Phi) is 11.2. The van der Waals surface area contributed by atoms with Gasteiger partial charge in [-0.25, -0.2) is 0 Å². The minimum atomic E-state index is -0.0819. The molecule has 0 fully saturated rings. The Bertz CT molecular complexity index is 205. The topological polar surface area (TPSA) is 52.3 Å². The van der Waals surface area contributed by atoms with Crippen LogP contribution in [0.5, 0.6) is 0 Å². The van der Waals surface area contributed by atoms with E-state index >= 15 is 0 Å². The molecule has 0 radical (unpaired) electrons. The van der Waals surface area contributed by atoms with Crippen LogP contribution in [-0.4, -0.2) is 19.1 Å². The van der Waals surface area contributed by atoms with E-state index in [1.54, 1.807) is 0 Å². The summed E-state index contributed by atoms with van der Waals surface area (Å²) >= 11 is 0. The second-order valence-corrected chi connectivity index (χ2v) is 5.57. The largest absolute Gasteiger partial charge is 0.466 e. The third kappa shape index (κ3) is 10.6. The Labute approximate surface area is 112 Å². The van der Waals surface area contributed by atoms with Crippen molar-refractivity contribution in [2.24, 2.45) is 17.6 Å². The second kappa shape index (κ2) is 11.5. The molecule has 0 aliphatic carbocycles. The molecule has 0 aliphatic rings. The van der Waals surface area contributed by atoms with Crippen LogP contribution < -0.4 is 5.73 Å². The number of carbonyl (C=O) groups excluding carboxylic acids is 1. The van der Waals surface area contributed by atoms with Crippen LogP contribution in [-0.2, 0) is 9.53 Å². The molecule has 1 unspecified atom stereocenters. The van der Waals surface area contributed by atoms with Gasteiger partial charge in [-0.05, 0) is 31.2 Å². The molecule has 18 heavy (non-hydrogen) atoms. The van der Waals surface area contributed by atoms with E-state index in [0.717, 1.165) is 19.3 Å². The highest BCUT2D eigenvalue weighted by Gasteiger charge is 2.14. The van der Waals surface area contributed by atoms with Gasteiger partial charge in [-0.3, -0.25) is 4.79 Å². The van der Waals surface area contributed by atoms with Gasteiger partial charge in [0.15, 0.2) is 0 Å². The summed E-state index contributed by atoms with van der Waals surface area (Å²) in [5, 5.41) is 0. The summed E-state index contributed by atoms with van der Waals surface area (Å²) in [5.41, 5.74) is 5.67. The fraction of sp³-hybridized carbons (Fsp3) is 0.933. The lowest BCUT2D eigenvalue weighted by Crippen LogP contribution is -2.21. The fourth-order valence-electron chi connectivity index (χ4n) is 2.12. The number of carbonyl (C=O) groups is 1. The Morgan fingerprint density at radius 3 is 2.39 bits per heavy atom. The molecule has 0 aromatic heterocycles. The Morgan fingerprint density at radius 2 is 1.83 bits per heavy atom. The lowest BCUT2D eigenvalue weighted by Gasteiger charge is -2.16. The summed E-state index contributed by atoms with van der Waals surface area (Å²) in [6, 6.07) is 0. The van der Waals surface area contributed by atoms with E-state index < -0.39 is 0 Å². The first-order valence-corrected chi connectivity index (χ1v) is 7.45. The molecule has 2 N–H and O–H groups in total. The van der Waals surface area contributed by atoms with Gasteiger partial charge in [0.05, 0.1) is 6.61 Å². The quantitative estimate of drug-likeness (QED) is 0.455. The van der Waals surface area contributed by atoms with E-state index in [1.165, 1.54) is 19.3 Å². The van der Waals surface area contributed by atoms with Gasteiger partial charge in [-0.1, -0.05) is 46.5 Å². The fourth-order valence-corrected chi connectivity index (χ4v) is 2.12. The maximum Gasteiger partial charge on any atom is 0.306 e. The van der Waals surface area contributed by atoms with Gasteiger partial charge in [0.25, 0.3) is 0 Å². The number of esters is 1. The standard InChI is InChI=1S/C15H31NO2/c1-4-5-6-7-8-9-18-15(17)11-14(12-16)10-13(2)3/h13-14H,4-12,16H2,1-3H3. The molecule has 0 rings (SSSR count). The van der Waals surface area contributed by atoms with Gasteiger partial charge in [0.1, 0.15) is 0 Å². The normalized spacial score (nSPS) is 12.7. The van der Waals surface area contributed by atoms with Gasteiger partial charge < -0.3 is 10.5 Å². The van der Waals surface area contributed by atoms with Gasteiger partial charge in [0.2, 0.25) is 0 Å². The lowest BCUT2D eigenvalue weighted by molar-refractivity contribution is -0.144. The molecule has 0 amide bonds. The van der Waals surface area contributed by atoms with Crippen LogP contribution in [0.4, 0.5) is 0 Å². The van der Waals surface area contributed by atoms with Crippen LogP contribution in [0.3, 0.4) is 0 Å². The van der Waals surface area contributed by atoms with Crippen molar-refractivity contribution < 1.29 is 9.53 Å². The van der Waals surface area contributed by atoms with Gasteiger partial charge in [0, 0.05) is 6.42 Å². The summed E-state index contributed by atoms with van der Waals surface area (Å²) < 4.78 is 5.24. The summed E-state index contributed by atoms with van der Waals surface area (Å²) in [5.74, 6) is 0.777. The summed E-state index contributed by atoms with van der Waals surface area (Å²) in [6.07, 6.45) is 7.39. The van der Waals surface area contributed by atoms with Crippen molar-refractivity contribution in [3.05, 3.63) is 0 Å². The molecular formula is C15H31NO2. The molecule has 0 aromatic carbocycles. The molecule has 3 nitrogen and oxygen atoms in total. The second-order valence-electron chi connectivity index (χ2n) is 5.57. The van der Waals surface area contributed by atoms with E-state index in [9.17, 15) is 4.79 Å². The van der Waals surface area contributed by atoms with Crippen LogP contribution >= 0.6 is 0 Å². The van der Waals surface area contributed by atoms with Crippen LogP contribution in [0.2, 0.25) is 0 Å². The zero-order valence-electron chi connectivity index (χ0n) is 12.4.